The van der Waals surface area contributed by atoms with Crippen molar-refractivity contribution in [2.45, 2.75) is 19.9 Å². The van der Waals surface area contributed by atoms with Gasteiger partial charge < -0.3 is 5.32 Å². The Morgan fingerprint density at radius 3 is 2.95 bits per heavy atom. The largest absolute Gasteiger partial charge is 0.347 e. The smallest absolute Gasteiger partial charge is 0.254 e. The second-order valence-corrected chi connectivity index (χ2v) is 5.95. The summed E-state index contributed by atoms with van der Waals surface area (Å²) in [5, 5.41) is 4.75. The Hall–Kier alpha value is -1.20. The highest BCUT2D eigenvalue weighted by atomic mass is 79.9. The molecule has 19 heavy (non-hydrogen) atoms. The molecular weight excluding hydrogens is 329 g/mol. The van der Waals surface area contributed by atoms with Crippen molar-refractivity contribution in [3.63, 3.8) is 0 Å². The van der Waals surface area contributed by atoms with Crippen LogP contribution in [0.15, 0.2) is 34.1 Å². The van der Waals surface area contributed by atoms with Crippen molar-refractivity contribution in [2.75, 3.05) is 0 Å². The molecule has 0 saturated carbocycles. The Labute approximate surface area is 123 Å². The normalized spacial score (nSPS) is 10.5. The van der Waals surface area contributed by atoms with Gasteiger partial charge in [0.25, 0.3) is 5.91 Å². The predicted molar refractivity (Wildman–Crippen MR) is 79.0 cm³/mol. The molecule has 1 aromatic carbocycles. The van der Waals surface area contributed by atoms with Crippen LogP contribution in [0.1, 0.15) is 27.7 Å². The number of hydrogen-bond donors (Lipinski definition) is 1. The Morgan fingerprint density at radius 2 is 2.21 bits per heavy atom. The maximum absolute atomic E-state index is 13.6. The lowest BCUT2D eigenvalue weighted by Crippen LogP contribution is -2.23. The van der Waals surface area contributed by atoms with Gasteiger partial charge in [-0.15, -0.1) is 11.3 Å². The average Bonchev–Trinajstić information content (AvgIpc) is 2.86. The van der Waals surface area contributed by atoms with E-state index in [0.29, 0.717) is 11.0 Å². The second-order valence-electron chi connectivity index (χ2n) is 4.03. The van der Waals surface area contributed by atoms with E-state index in [9.17, 15) is 9.18 Å². The third-order valence-corrected chi connectivity index (χ3v) is 4.26. The molecule has 1 N–H and O–H groups in total. The molecule has 0 aliphatic rings. The maximum atomic E-state index is 13.6. The first kappa shape index (κ1) is 14.2. The molecule has 0 aliphatic heterocycles. The van der Waals surface area contributed by atoms with Gasteiger partial charge in [0.2, 0.25) is 0 Å². The number of carbonyl (C=O) groups is 1. The van der Waals surface area contributed by atoms with E-state index in [4.69, 9.17) is 0 Å². The van der Waals surface area contributed by atoms with Crippen LogP contribution in [0.3, 0.4) is 0 Å². The number of rotatable bonds is 4. The third-order valence-electron chi connectivity index (χ3n) is 2.80. The van der Waals surface area contributed by atoms with Crippen LogP contribution in [0.4, 0.5) is 4.39 Å². The van der Waals surface area contributed by atoms with Crippen LogP contribution in [0.5, 0.6) is 0 Å². The van der Waals surface area contributed by atoms with Gasteiger partial charge in [0.05, 0.1) is 12.1 Å². The zero-order valence-corrected chi connectivity index (χ0v) is 12.8. The quantitative estimate of drug-likeness (QED) is 0.889. The Balaban J connectivity index is 2.07. The lowest BCUT2D eigenvalue weighted by atomic mass is 10.2. The van der Waals surface area contributed by atoms with Crippen LogP contribution < -0.4 is 5.32 Å². The standard InChI is InChI=1S/C14H13BrFNOS/c1-2-9-5-6-19-13(9)8-17-14(18)11-7-10(15)3-4-12(11)16/h3-7H,2,8H2,1H3,(H,17,18). The highest BCUT2D eigenvalue weighted by Gasteiger charge is 2.12. The summed E-state index contributed by atoms with van der Waals surface area (Å²) in [6.45, 7) is 2.51. The molecular formula is C14H13BrFNOS. The molecule has 0 spiro atoms. The lowest BCUT2D eigenvalue weighted by molar-refractivity contribution is 0.0947. The van der Waals surface area contributed by atoms with Gasteiger partial charge in [-0.2, -0.15) is 0 Å². The van der Waals surface area contributed by atoms with Gasteiger partial charge in [0, 0.05) is 9.35 Å². The first-order valence-corrected chi connectivity index (χ1v) is 7.57. The SMILES string of the molecule is CCc1ccsc1CNC(=O)c1cc(Br)ccc1F. The van der Waals surface area contributed by atoms with Crippen molar-refractivity contribution in [3.05, 3.63) is 55.9 Å². The molecule has 2 rings (SSSR count). The molecule has 0 unspecified atom stereocenters. The van der Waals surface area contributed by atoms with Crippen LogP contribution in [0.2, 0.25) is 0 Å². The van der Waals surface area contributed by atoms with Crippen molar-refractivity contribution in [3.8, 4) is 0 Å². The van der Waals surface area contributed by atoms with E-state index in [-0.39, 0.29) is 5.56 Å². The summed E-state index contributed by atoms with van der Waals surface area (Å²) in [5.74, 6) is -0.906. The predicted octanol–water partition coefficient (Wildman–Crippen LogP) is 4.14. The van der Waals surface area contributed by atoms with E-state index in [2.05, 4.69) is 28.2 Å². The minimum atomic E-state index is -0.511. The molecule has 0 bridgehead atoms. The molecule has 0 fully saturated rings. The molecule has 1 aromatic heterocycles. The first-order chi connectivity index (χ1) is 9.11. The fourth-order valence-electron chi connectivity index (χ4n) is 1.76. The van der Waals surface area contributed by atoms with Gasteiger partial charge in [0.15, 0.2) is 0 Å². The summed E-state index contributed by atoms with van der Waals surface area (Å²) in [5.41, 5.74) is 1.28. The van der Waals surface area contributed by atoms with Gasteiger partial charge in [0.1, 0.15) is 5.82 Å². The van der Waals surface area contributed by atoms with Gasteiger partial charge >= 0.3 is 0 Å². The maximum Gasteiger partial charge on any atom is 0.254 e. The Morgan fingerprint density at radius 1 is 1.42 bits per heavy atom. The molecule has 1 heterocycles. The van der Waals surface area contributed by atoms with Crippen LogP contribution in [0, 0.1) is 5.82 Å². The summed E-state index contributed by atoms with van der Waals surface area (Å²) < 4.78 is 14.2. The monoisotopic (exact) mass is 341 g/mol. The lowest BCUT2D eigenvalue weighted by Gasteiger charge is -2.07. The molecule has 2 aromatic rings. The molecule has 1 amide bonds. The third kappa shape index (κ3) is 3.42. The fourth-order valence-corrected chi connectivity index (χ4v) is 3.04. The van der Waals surface area contributed by atoms with E-state index in [1.807, 2.05) is 11.4 Å². The summed E-state index contributed by atoms with van der Waals surface area (Å²) >= 11 is 4.83. The zero-order chi connectivity index (χ0) is 13.8. The van der Waals surface area contributed by atoms with E-state index in [1.165, 1.54) is 17.7 Å². The van der Waals surface area contributed by atoms with Gasteiger partial charge in [-0.1, -0.05) is 22.9 Å². The fraction of sp³-hybridized carbons (Fsp3) is 0.214. The van der Waals surface area contributed by atoms with E-state index in [1.54, 1.807) is 17.4 Å². The highest BCUT2D eigenvalue weighted by Crippen LogP contribution is 2.18. The number of carbonyl (C=O) groups excluding carboxylic acids is 1. The molecule has 0 radical (unpaired) electrons. The number of nitrogens with one attached hydrogen (secondary N) is 1. The van der Waals surface area contributed by atoms with E-state index >= 15 is 0 Å². The Kier molecular flexibility index (Phi) is 4.71. The summed E-state index contributed by atoms with van der Waals surface area (Å²) in [4.78, 5) is 13.1. The van der Waals surface area contributed by atoms with E-state index in [0.717, 1.165) is 11.3 Å². The minimum Gasteiger partial charge on any atom is -0.347 e. The summed E-state index contributed by atoms with van der Waals surface area (Å²) in [7, 11) is 0. The van der Waals surface area contributed by atoms with Crippen molar-refractivity contribution >= 4 is 33.2 Å². The number of benzene rings is 1. The first-order valence-electron chi connectivity index (χ1n) is 5.90. The van der Waals surface area contributed by atoms with Crippen molar-refractivity contribution in [2.24, 2.45) is 0 Å². The zero-order valence-electron chi connectivity index (χ0n) is 10.4. The van der Waals surface area contributed by atoms with Crippen molar-refractivity contribution < 1.29 is 9.18 Å². The molecule has 5 heteroatoms. The number of thiophene rings is 1. The molecule has 100 valence electrons. The summed E-state index contributed by atoms with van der Waals surface area (Å²) in [6.07, 6.45) is 0.931. The number of hydrogen-bond acceptors (Lipinski definition) is 2. The topological polar surface area (TPSA) is 29.1 Å². The molecule has 0 aliphatic carbocycles. The van der Waals surface area contributed by atoms with Gasteiger partial charge in [-0.3, -0.25) is 4.79 Å². The Bertz CT molecular complexity index is 597. The van der Waals surface area contributed by atoms with E-state index < -0.39 is 11.7 Å². The summed E-state index contributed by atoms with van der Waals surface area (Å²) in [6, 6.07) is 6.38. The van der Waals surface area contributed by atoms with Crippen LogP contribution >= 0.6 is 27.3 Å². The molecule has 0 atom stereocenters. The second kappa shape index (κ2) is 6.30. The average molecular weight is 342 g/mol. The van der Waals surface area contributed by atoms with Crippen molar-refractivity contribution in [1.29, 1.82) is 0 Å². The minimum absolute atomic E-state index is 0.0592. The molecule has 2 nitrogen and oxygen atoms in total. The van der Waals surface area contributed by atoms with Crippen LogP contribution in [0.25, 0.3) is 0 Å². The number of halogens is 2. The van der Waals surface area contributed by atoms with Crippen molar-refractivity contribution in [1.82, 2.24) is 5.32 Å². The van der Waals surface area contributed by atoms with Crippen LogP contribution in [-0.4, -0.2) is 5.91 Å². The number of aryl methyl sites for hydroxylation is 1. The highest BCUT2D eigenvalue weighted by molar-refractivity contribution is 9.10. The van der Waals surface area contributed by atoms with Gasteiger partial charge in [-0.25, -0.2) is 4.39 Å². The number of amides is 1. The van der Waals surface area contributed by atoms with Gasteiger partial charge in [-0.05, 0) is 41.6 Å². The molecule has 0 saturated heterocycles. The van der Waals surface area contributed by atoms with Crippen LogP contribution in [-0.2, 0) is 13.0 Å².